The summed E-state index contributed by atoms with van der Waals surface area (Å²) in [7, 11) is 0. The van der Waals surface area contributed by atoms with Gasteiger partial charge in [0.1, 0.15) is 0 Å². The number of rotatable bonds is 2. The number of likely N-dealkylation sites (tertiary alicyclic amines) is 1. The minimum Gasteiger partial charge on any atom is -0.389 e. The summed E-state index contributed by atoms with van der Waals surface area (Å²) in [5.41, 5.74) is 3.93. The molecule has 1 aromatic carbocycles. The molecule has 4 rings (SSSR count). The number of nitrogens with one attached hydrogen (secondary N) is 1. The minimum absolute atomic E-state index is 0.192. The van der Waals surface area contributed by atoms with Crippen LogP contribution in [0.1, 0.15) is 29.9 Å². The smallest absolute Gasteiger partial charge is 0.0950 e. The van der Waals surface area contributed by atoms with E-state index in [2.05, 4.69) is 34.2 Å². The molecule has 2 N–H and O–H groups in total. The lowest BCUT2D eigenvalue weighted by Gasteiger charge is -2.37. The van der Waals surface area contributed by atoms with Crippen molar-refractivity contribution in [1.29, 1.82) is 0 Å². The van der Waals surface area contributed by atoms with E-state index in [0.717, 1.165) is 31.4 Å². The highest BCUT2D eigenvalue weighted by molar-refractivity contribution is 5.79. The molecule has 3 heterocycles. The normalized spacial score (nSPS) is 27.7. The molecule has 2 aliphatic rings. The van der Waals surface area contributed by atoms with Gasteiger partial charge in [0.15, 0.2) is 0 Å². The molecule has 2 atom stereocenters. The monoisotopic (exact) mass is 301 g/mol. The van der Waals surface area contributed by atoms with Crippen LogP contribution in [0.5, 0.6) is 0 Å². The van der Waals surface area contributed by atoms with Crippen molar-refractivity contribution in [3.63, 3.8) is 0 Å². The molecule has 118 valence electrons. The van der Waals surface area contributed by atoms with Crippen LogP contribution in [0.2, 0.25) is 0 Å². The van der Waals surface area contributed by atoms with Crippen LogP contribution in [-0.2, 0) is 4.74 Å². The van der Waals surface area contributed by atoms with Gasteiger partial charge in [0.05, 0.1) is 37.1 Å². The number of aromatic nitrogens is 2. The zero-order valence-electron chi connectivity index (χ0n) is 13.0. The fourth-order valence-corrected chi connectivity index (χ4v) is 3.98. The van der Waals surface area contributed by atoms with Crippen LogP contribution < -0.4 is 0 Å². The first-order valence-corrected chi connectivity index (χ1v) is 8.16. The molecule has 5 heteroatoms. The van der Waals surface area contributed by atoms with Gasteiger partial charge in [-0.1, -0.05) is 0 Å². The second-order valence-corrected chi connectivity index (χ2v) is 6.65. The number of hydrogen-bond donors (Lipinski definition) is 2. The fraction of sp³-hybridized carbons (Fsp3) is 0.588. The maximum absolute atomic E-state index is 9.99. The number of aromatic amines is 1. The van der Waals surface area contributed by atoms with Gasteiger partial charge in [0.2, 0.25) is 0 Å². The first kappa shape index (κ1) is 14.2. The van der Waals surface area contributed by atoms with Gasteiger partial charge in [-0.3, -0.25) is 10.00 Å². The third kappa shape index (κ3) is 2.43. The van der Waals surface area contributed by atoms with E-state index in [0.29, 0.717) is 19.1 Å². The molecule has 5 nitrogen and oxygen atoms in total. The Morgan fingerprint density at radius 3 is 2.82 bits per heavy atom. The molecular weight excluding hydrogens is 278 g/mol. The van der Waals surface area contributed by atoms with Gasteiger partial charge < -0.3 is 9.84 Å². The molecule has 2 aromatic rings. The number of piperidine rings is 1. The van der Waals surface area contributed by atoms with E-state index < -0.39 is 0 Å². The van der Waals surface area contributed by atoms with E-state index in [9.17, 15) is 5.11 Å². The molecule has 2 aliphatic heterocycles. The van der Waals surface area contributed by atoms with Crippen molar-refractivity contribution in [2.24, 2.45) is 0 Å². The van der Waals surface area contributed by atoms with Crippen molar-refractivity contribution in [3.8, 4) is 0 Å². The highest BCUT2D eigenvalue weighted by atomic mass is 16.5. The van der Waals surface area contributed by atoms with Crippen LogP contribution in [-0.4, -0.2) is 58.7 Å². The predicted molar refractivity (Wildman–Crippen MR) is 85.0 cm³/mol. The number of nitrogens with zero attached hydrogens (tertiary/aromatic N) is 2. The number of aliphatic hydroxyl groups excluding tert-OH is 1. The average Bonchev–Trinajstić information content (AvgIpc) is 3.15. The SMILES string of the molecule is Cc1cc2cn[nH]c2cc1C1CCN([C@H]2COC[C@H]2O)CC1. The third-order valence-corrected chi connectivity index (χ3v) is 5.29. The van der Waals surface area contributed by atoms with Crippen LogP contribution in [0.15, 0.2) is 18.3 Å². The Balaban J connectivity index is 1.49. The van der Waals surface area contributed by atoms with Gasteiger partial charge in [-0.05, 0) is 62.0 Å². The Bertz CT molecular complexity index is 661. The van der Waals surface area contributed by atoms with Gasteiger partial charge in [0.25, 0.3) is 0 Å². The highest BCUT2D eigenvalue weighted by Gasteiger charge is 2.34. The minimum atomic E-state index is -0.320. The Labute approximate surface area is 130 Å². The van der Waals surface area contributed by atoms with Gasteiger partial charge in [-0.15, -0.1) is 0 Å². The lowest BCUT2D eigenvalue weighted by Crippen LogP contribution is -2.46. The van der Waals surface area contributed by atoms with Crippen LogP contribution in [0, 0.1) is 6.92 Å². The Morgan fingerprint density at radius 1 is 1.27 bits per heavy atom. The summed E-state index contributed by atoms with van der Waals surface area (Å²) in [4.78, 5) is 2.40. The second kappa shape index (κ2) is 5.65. The van der Waals surface area contributed by atoms with Crippen molar-refractivity contribution in [1.82, 2.24) is 15.1 Å². The fourth-order valence-electron chi connectivity index (χ4n) is 3.98. The Morgan fingerprint density at radius 2 is 2.09 bits per heavy atom. The summed E-state index contributed by atoms with van der Waals surface area (Å²) in [6, 6.07) is 4.69. The van der Waals surface area contributed by atoms with Gasteiger partial charge in [0, 0.05) is 5.39 Å². The summed E-state index contributed by atoms with van der Waals surface area (Å²) in [6.45, 7) is 5.43. The van der Waals surface area contributed by atoms with E-state index >= 15 is 0 Å². The maximum Gasteiger partial charge on any atom is 0.0950 e. The standard InChI is InChI=1S/C17H23N3O2/c1-11-6-13-8-18-19-15(13)7-14(11)12-2-4-20(5-3-12)16-9-22-10-17(16)21/h6-8,12,16-17,21H,2-5,9-10H2,1H3,(H,18,19)/t16-,17+/m0/s1. The Kier molecular flexibility index (Phi) is 3.64. The van der Waals surface area contributed by atoms with Crippen molar-refractivity contribution >= 4 is 10.9 Å². The summed E-state index contributed by atoms with van der Waals surface area (Å²) < 4.78 is 5.39. The highest BCUT2D eigenvalue weighted by Crippen LogP contribution is 2.33. The molecule has 0 saturated carbocycles. The first-order chi connectivity index (χ1) is 10.7. The third-order valence-electron chi connectivity index (χ3n) is 5.29. The zero-order valence-corrected chi connectivity index (χ0v) is 13.0. The molecule has 0 unspecified atom stereocenters. The first-order valence-electron chi connectivity index (χ1n) is 8.16. The predicted octanol–water partition coefficient (Wildman–Crippen LogP) is 1.81. The quantitative estimate of drug-likeness (QED) is 0.888. The number of fused-ring (bicyclic) bond motifs is 1. The second-order valence-electron chi connectivity index (χ2n) is 6.65. The van der Waals surface area contributed by atoms with E-state index in [1.54, 1.807) is 0 Å². The van der Waals surface area contributed by atoms with Gasteiger partial charge in [-0.2, -0.15) is 5.10 Å². The molecule has 2 fully saturated rings. The van der Waals surface area contributed by atoms with Crippen LogP contribution in [0.25, 0.3) is 10.9 Å². The Hall–Kier alpha value is -1.43. The molecule has 0 bridgehead atoms. The van der Waals surface area contributed by atoms with Gasteiger partial charge >= 0.3 is 0 Å². The summed E-state index contributed by atoms with van der Waals surface area (Å²) in [5.74, 6) is 0.600. The van der Waals surface area contributed by atoms with Crippen LogP contribution >= 0.6 is 0 Å². The lowest BCUT2D eigenvalue weighted by atomic mass is 9.85. The molecule has 22 heavy (non-hydrogen) atoms. The number of hydrogen-bond acceptors (Lipinski definition) is 4. The van der Waals surface area contributed by atoms with Crippen molar-refractivity contribution in [2.45, 2.75) is 37.8 Å². The molecule has 2 saturated heterocycles. The molecular formula is C17H23N3O2. The number of aryl methyl sites for hydroxylation is 1. The molecule has 0 spiro atoms. The van der Waals surface area contributed by atoms with Crippen molar-refractivity contribution in [3.05, 3.63) is 29.5 Å². The van der Waals surface area contributed by atoms with Crippen molar-refractivity contribution < 1.29 is 9.84 Å². The molecule has 1 aromatic heterocycles. The largest absolute Gasteiger partial charge is 0.389 e. The summed E-state index contributed by atoms with van der Waals surface area (Å²) in [6.07, 6.45) is 3.85. The van der Waals surface area contributed by atoms with Crippen LogP contribution in [0.4, 0.5) is 0 Å². The summed E-state index contributed by atoms with van der Waals surface area (Å²) in [5, 5.41) is 18.4. The number of benzene rings is 1. The molecule has 0 radical (unpaired) electrons. The average molecular weight is 301 g/mol. The number of aliphatic hydroxyl groups is 1. The lowest BCUT2D eigenvalue weighted by molar-refractivity contribution is 0.0663. The van der Waals surface area contributed by atoms with Gasteiger partial charge in [-0.25, -0.2) is 0 Å². The van der Waals surface area contributed by atoms with E-state index in [4.69, 9.17) is 4.74 Å². The molecule has 0 aliphatic carbocycles. The zero-order chi connectivity index (χ0) is 15.1. The molecule has 0 amide bonds. The van der Waals surface area contributed by atoms with E-state index in [-0.39, 0.29) is 12.1 Å². The topological polar surface area (TPSA) is 61.4 Å². The number of ether oxygens (including phenoxy) is 1. The van der Waals surface area contributed by atoms with Crippen LogP contribution in [0.3, 0.4) is 0 Å². The van der Waals surface area contributed by atoms with Crippen molar-refractivity contribution in [2.75, 3.05) is 26.3 Å². The maximum atomic E-state index is 9.99. The van der Waals surface area contributed by atoms with E-state index in [1.807, 2.05) is 6.20 Å². The van der Waals surface area contributed by atoms with E-state index in [1.165, 1.54) is 16.5 Å². The number of H-pyrrole nitrogens is 1. The summed E-state index contributed by atoms with van der Waals surface area (Å²) >= 11 is 0.